The average molecular weight is 494 g/mol. The number of aromatic nitrogens is 1. The van der Waals surface area contributed by atoms with Gasteiger partial charge in [-0.25, -0.2) is 0 Å². The van der Waals surface area contributed by atoms with Crippen molar-refractivity contribution in [2.45, 2.75) is 20.3 Å². The van der Waals surface area contributed by atoms with Gasteiger partial charge in [-0.15, -0.1) is 11.3 Å². The monoisotopic (exact) mass is 493 g/mol. The van der Waals surface area contributed by atoms with Crippen LogP contribution >= 0.6 is 11.3 Å². The molecule has 0 aliphatic carbocycles. The van der Waals surface area contributed by atoms with E-state index in [2.05, 4.69) is 134 Å². The molecule has 0 atom stereocenters. The summed E-state index contributed by atoms with van der Waals surface area (Å²) in [5.74, 6) is 0. The highest BCUT2D eigenvalue weighted by molar-refractivity contribution is 7.27. The molecule has 0 amide bonds. The summed E-state index contributed by atoms with van der Waals surface area (Å²) in [5, 5.41) is 7.99. The van der Waals surface area contributed by atoms with E-state index < -0.39 is 0 Å². The maximum Gasteiger partial charge on any atom is 0.0726 e. The molecule has 37 heavy (non-hydrogen) atoms. The molecule has 0 N–H and O–H groups in total. The molecule has 7 rings (SSSR count). The number of hydrogen-bond acceptors (Lipinski definition) is 1. The smallest absolute Gasteiger partial charge is 0.0726 e. The molecule has 2 aromatic heterocycles. The Balaban J connectivity index is 1.74. The second-order valence-electron chi connectivity index (χ2n) is 9.53. The Kier molecular flexibility index (Phi) is 5.23. The van der Waals surface area contributed by atoms with E-state index in [1.54, 1.807) is 0 Å². The molecule has 178 valence electrons. The average Bonchev–Trinajstić information content (AvgIpc) is 3.50. The predicted molar refractivity (Wildman–Crippen MR) is 164 cm³/mol. The zero-order valence-electron chi connectivity index (χ0n) is 21.0. The minimum Gasteiger partial charge on any atom is -0.308 e. The molecule has 0 aliphatic rings. The second kappa shape index (κ2) is 8.76. The van der Waals surface area contributed by atoms with Gasteiger partial charge in [0, 0.05) is 31.9 Å². The molecule has 0 aliphatic heterocycles. The third-order valence-electron chi connectivity index (χ3n) is 7.44. The zero-order valence-corrected chi connectivity index (χ0v) is 21.8. The Morgan fingerprint density at radius 3 is 2.22 bits per heavy atom. The molecule has 0 saturated carbocycles. The molecule has 0 bridgehead atoms. The lowest BCUT2D eigenvalue weighted by atomic mass is 9.97. The summed E-state index contributed by atoms with van der Waals surface area (Å²) < 4.78 is 5.17. The van der Waals surface area contributed by atoms with Gasteiger partial charge < -0.3 is 4.57 Å². The van der Waals surface area contributed by atoms with Crippen molar-refractivity contribution in [3.63, 3.8) is 0 Å². The molecule has 7 aromatic rings. The van der Waals surface area contributed by atoms with Crippen LogP contribution in [-0.4, -0.2) is 4.57 Å². The highest BCUT2D eigenvalue weighted by Crippen LogP contribution is 2.48. The van der Waals surface area contributed by atoms with E-state index in [0.717, 1.165) is 6.42 Å². The Morgan fingerprint density at radius 1 is 0.757 bits per heavy atom. The lowest BCUT2D eigenvalue weighted by Crippen LogP contribution is -1.93. The van der Waals surface area contributed by atoms with Crippen molar-refractivity contribution in [3.8, 4) is 5.69 Å². The fourth-order valence-corrected chi connectivity index (χ4v) is 7.06. The number of fused-ring (bicyclic) bond motifs is 10. The first-order chi connectivity index (χ1) is 18.3. The van der Waals surface area contributed by atoms with Crippen LogP contribution in [-0.2, 0) is 0 Å². The Bertz CT molecular complexity index is 2020. The fraction of sp³-hybridized carbons (Fsp3) is 0.0857. The molecule has 0 spiro atoms. The van der Waals surface area contributed by atoms with Gasteiger partial charge in [0.1, 0.15) is 0 Å². The van der Waals surface area contributed by atoms with Gasteiger partial charge in [-0.3, -0.25) is 0 Å². The van der Waals surface area contributed by atoms with Gasteiger partial charge in [0.2, 0.25) is 0 Å². The van der Waals surface area contributed by atoms with Gasteiger partial charge >= 0.3 is 0 Å². The molecular weight excluding hydrogens is 466 g/mol. The lowest BCUT2D eigenvalue weighted by molar-refractivity contribution is 1.19. The second-order valence-corrected chi connectivity index (χ2v) is 10.6. The summed E-state index contributed by atoms with van der Waals surface area (Å²) in [5.41, 5.74) is 6.26. The number of hydrogen-bond donors (Lipinski definition) is 0. The van der Waals surface area contributed by atoms with Crippen molar-refractivity contribution in [3.05, 3.63) is 121 Å². The van der Waals surface area contributed by atoms with Crippen molar-refractivity contribution >= 4 is 69.7 Å². The Labute approximate surface area is 220 Å². The van der Waals surface area contributed by atoms with Gasteiger partial charge in [0.15, 0.2) is 0 Å². The van der Waals surface area contributed by atoms with Crippen molar-refractivity contribution in [2.24, 2.45) is 0 Å². The number of allylic oxidation sites excluding steroid dienone is 4. The van der Waals surface area contributed by atoms with E-state index in [4.69, 9.17) is 0 Å². The van der Waals surface area contributed by atoms with Gasteiger partial charge in [0.05, 0.1) is 15.7 Å². The van der Waals surface area contributed by atoms with E-state index in [0.29, 0.717) is 0 Å². The minimum absolute atomic E-state index is 1.03. The first-order valence-corrected chi connectivity index (χ1v) is 13.8. The lowest BCUT2D eigenvalue weighted by Gasteiger charge is -2.10. The molecule has 2 heterocycles. The number of benzene rings is 5. The summed E-state index contributed by atoms with van der Waals surface area (Å²) in [7, 11) is 0. The molecule has 0 radical (unpaired) electrons. The quantitative estimate of drug-likeness (QED) is 0.215. The van der Waals surface area contributed by atoms with Crippen LogP contribution in [0.15, 0.2) is 115 Å². The van der Waals surface area contributed by atoms with Crippen molar-refractivity contribution in [1.29, 1.82) is 0 Å². The summed E-state index contributed by atoms with van der Waals surface area (Å²) >= 11 is 1.91. The minimum atomic E-state index is 1.03. The Morgan fingerprint density at radius 2 is 1.46 bits per heavy atom. The van der Waals surface area contributed by atoms with Gasteiger partial charge in [-0.05, 0) is 65.6 Å². The maximum atomic E-state index is 2.48. The molecular formula is C35H27NS. The van der Waals surface area contributed by atoms with Crippen LogP contribution in [0, 0.1) is 0 Å². The molecule has 0 saturated heterocycles. The summed E-state index contributed by atoms with van der Waals surface area (Å²) in [6.45, 7) is 4.31. The number of nitrogens with zero attached hydrogens (tertiary/aromatic N) is 1. The van der Waals surface area contributed by atoms with Crippen LogP contribution in [0.4, 0.5) is 0 Å². The van der Waals surface area contributed by atoms with Gasteiger partial charge in [-0.2, -0.15) is 0 Å². The SMILES string of the molecule is C/C=C(\C=C/CC)c1ccc2c(c1)c1c3ccccc3c3c4ccccc4sc3c1n2-c1ccccc1. The largest absolute Gasteiger partial charge is 0.308 e. The standard InChI is InChI=1S/C35H27NS/c1-3-5-13-23(4-2)24-20-21-30-29(22-24)32-26-16-9-10-17-27(26)33-28-18-11-12-19-31(28)37-35(33)34(32)36(30)25-14-7-6-8-15-25/h4-22H,3H2,1-2H3/b13-5-,23-4+. The van der Waals surface area contributed by atoms with Crippen LogP contribution in [0.25, 0.3) is 64.0 Å². The van der Waals surface area contributed by atoms with E-state index in [1.807, 2.05) is 11.3 Å². The van der Waals surface area contributed by atoms with Crippen molar-refractivity contribution in [1.82, 2.24) is 4.57 Å². The number of para-hydroxylation sites is 1. The van der Waals surface area contributed by atoms with Crippen LogP contribution in [0.5, 0.6) is 0 Å². The van der Waals surface area contributed by atoms with Crippen LogP contribution in [0.3, 0.4) is 0 Å². The van der Waals surface area contributed by atoms with Gasteiger partial charge in [0.25, 0.3) is 0 Å². The molecule has 5 aromatic carbocycles. The molecule has 1 nitrogen and oxygen atoms in total. The van der Waals surface area contributed by atoms with E-state index in [-0.39, 0.29) is 0 Å². The zero-order chi connectivity index (χ0) is 24.9. The van der Waals surface area contributed by atoms with Crippen LogP contribution in [0.1, 0.15) is 25.8 Å². The first kappa shape index (κ1) is 22.1. The van der Waals surface area contributed by atoms with E-state index in [1.165, 1.54) is 69.6 Å². The third kappa shape index (κ3) is 3.29. The summed E-state index contributed by atoms with van der Waals surface area (Å²) in [6, 6.07) is 35.6. The van der Waals surface area contributed by atoms with Crippen LogP contribution < -0.4 is 0 Å². The first-order valence-electron chi connectivity index (χ1n) is 13.0. The highest BCUT2D eigenvalue weighted by atomic mass is 32.1. The van der Waals surface area contributed by atoms with Crippen LogP contribution in [0.2, 0.25) is 0 Å². The number of thiophene rings is 1. The van der Waals surface area contributed by atoms with Gasteiger partial charge in [-0.1, -0.05) is 91.9 Å². The van der Waals surface area contributed by atoms with Crippen molar-refractivity contribution in [2.75, 3.05) is 0 Å². The normalized spacial score (nSPS) is 12.8. The third-order valence-corrected chi connectivity index (χ3v) is 8.61. The molecule has 0 unspecified atom stereocenters. The fourth-order valence-electron chi connectivity index (χ4n) is 5.81. The summed E-state index contributed by atoms with van der Waals surface area (Å²) in [4.78, 5) is 0. The maximum absolute atomic E-state index is 2.48. The highest BCUT2D eigenvalue weighted by Gasteiger charge is 2.21. The topological polar surface area (TPSA) is 4.93 Å². The molecule has 2 heteroatoms. The predicted octanol–water partition coefficient (Wildman–Crippen LogP) is 10.7. The molecule has 0 fully saturated rings. The van der Waals surface area contributed by atoms with Crippen molar-refractivity contribution < 1.29 is 0 Å². The Hall–Kier alpha value is -4.14. The van der Waals surface area contributed by atoms with E-state index in [9.17, 15) is 0 Å². The van der Waals surface area contributed by atoms with E-state index >= 15 is 0 Å². The summed E-state index contributed by atoms with van der Waals surface area (Å²) in [6.07, 6.45) is 7.73. The number of rotatable bonds is 4.